The number of hydrogen-bond acceptors (Lipinski definition) is 3. The standard InChI is InChI=1S/C16H26ClN3/c1-6-8-18-11-13-10-15(19-12-14(13)17)20(9-7-2)16(3,4)5/h7,10,12,18H,2,6,8-9,11H2,1,3-5H3. The van der Waals surface area contributed by atoms with E-state index in [-0.39, 0.29) is 5.54 Å². The van der Waals surface area contributed by atoms with Gasteiger partial charge in [-0.1, -0.05) is 24.6 Å². The van der Waals surface area contributed by atoms with E-state index in [4.69, 9.17) is 11.6 Å². The second kappa shape index (κ2) is 7.65. The summed E-state index contributed by atoms with van der Waals surface area (Å²) in [6.07, 6.45) is 4.75. The molecule has 0 bridgehead atoms. The van der Waals surface area contributed by atoms with Gasteiger partial charge in [0.15, 0.2) is 0 Å². The summed E-state index contributed by atoms with van der Waals surface area (Å²) < 4.78 is 0. The van der Waals surface area contributed by atoms with Crippen LogP contribution in [0.25, 0.3) is 0 Å². The SMILES string of the molecule is C=CCN(c1cc(CNCCC)c(Cl)cn1)C(C)(C)C. The molecule has 1 aromatic rings. The summed E-state index contributed by atoms with van der Waals surface area (Å²) in [6, 6.07) is 2.07. The Morgan fingerprint density at radius 2 is 2.15 bits per heavy atom. The Bertz CT molecular complexity index is 438. The van der Waals surface area contributed by atoms with E-state index in [1.807, 2.05) is 6.08 Å². The van der Waals surface area contributed by atoms with E-state index in [0.29, 0.717) is 5.02 Å². The average Bonchev–Trinajstić information content (AvgIpc) is 2.37. The van der Waals surface area contributed by atoms with Gasteiger partial charge < -0.3 is 10.2 Å². The number of hydrogen-bond donors (Lipinski definition) is 1. The lowest BCUT2D eigenvalue weighted by atomic mass is 10.1. The normalized spacial score (nSPS) is 11.4. The molecule has 112 valence electrons. The van der Waals surface area contributed by atoms with Gasteiger partial charge in [-0.25, -0.2) is 4.98 Å². The Balaban J connectivity index is 2.99. The highest BCUT2D eigenvalue weighted by Crippen LogP contribution is 2.25. The van der Waals surface area contributed by atoms with Crippen molar-refractivity contribution in [2.24, 2.45) is 0 Å². The molecule has 3 nitrogen and oxygen atoms in total. The zero-order chi connectivity index (χ0) is 15.2. The van der Waals surface area contributed by atoms with Crippen LogP contribution in [0.4, 0.5) is 5.82 Å². The Morgan fingerprint density at radius 3 is 2.70 bits per heavy atom. The van der Waals surface area contributed by atoms with E-state index in [9.17, 15) is 0 Å². The fourth-order valence-corrected chi connectivity index (χ4v) is 2.16. The van der Waals surface area contributed by atoms with Crippen LogP contribution in [0.1, 0.15) is 39.7 Å². The summed E-state index contributed by atoms with van der Waals surface area (Å²) in [5, 5.41) is 4.09. The molecule has 1 rings (SSSR count). The van der Waals surface area contributed by atoms with Crippen LogP contribution in [0.15, 0.2) is 24.9 Å². The van der Waals surface area contributed by atoms with Crippen molar-refractivity contribution in [2.75, 3.05) is 18.0 Å². The van der Waals surface area contributed by atoms with Gasteiger partial charge in [0.05, 0.1) is 5.02 Å². The number of pyridine rings is 1. The summed E-state index contributed by atoms with van der Waals surface area (Å²) in [5.74, 6) is 0.940. The van der Waals surface area contributed by atoms with Gasteiger partial charge >= 0.3 is 0 Å². The van der Waals surface area contributed by atoms with Crippen molar-refractivity contribution < 1.29 is 0 Å². The molecule has 4 heteroatoms. The second-order valence-electron chi connectivity index (χ2n) is 5.88. The lowest BCUT2D eigenvalue weighted by molar-refractivity contribution is 0.517. The predicted octanol–water partition coefficient (Wildman–Crippen LogP) is 4.03. The van der Waals surface area contributed by atoms with Gasteiger partial charge in [0, 0.05) is 24.8 Å². The summed E-state index contributed by atoms with van der Waals surface area (Å²) in [5.41, 5.74) is 1.08. The van der Waals surface area contributed by atoms with Crippen LogP contribution in [-0.4, -0.2) is 23.6 Å². The first-order valence-electron chi connectivity index (χ1n) is 7.13. The molecule has 1 aromatic heterocycles. The monoisotopic (exact) mass is 295 g/mol. The minimum atomic E-state index is -0.0108. The van der Waals surface area contributed by atoms with E-state index in [1.54, 1.807) is 6.20 Å². The van der Waals surface area contributed by atoms with Crippen LogP contribution in [-0.2, 0) is 6.54 Å². The van der Waals surface area contributed by atoms with E-state index >= 15 is 0 Å². The molecule has 1 N–H and O–H groups in total. The smallest absolute Gasteiger partial charge is 0.129 e. The van der Waals surface area contributed by atoms with Crippen LogP contribution in [0, 0.1) is 0 Å². The molecule has 0 fully saturated rings. The molecule has 0 amide bonds. The first-order chi connectivity index (χ1) is 9.40. The molecule has 0 aliphatic rings. The maximum Gasteiger partial charge on any atom is 0.129 e. The minimum absolute atomic E-state index is 0.0108. The fraction of sp³-hybridized carbons (Fsp3) is 0.562. The molecule has 0 spiro atoms. The number of anilines is 1. The van der Waals surface area contributed by atoms with Crippen molar-refractivity contribution in [2.45, 2.75) is 46.2 Å². The van der Waals surface area contributed by atoms with Crippen LogP contribution >= 0.6 is 11.6 Å². The maximum absolute atomic E-state index is 6.23. The molecule has 20 heavy (non-hydrogen) atoms. The van der Waals surface area contributed by atoms with Crippen molar-refractivity contribution in [3.05, 3.63) is 35.5 Å². The quantitative estimate of drug-likeness (QED) is 0.608. The highest BCUT2D eigenvalue weighted by Gasteiger charge is 2.22. The van der Waals surface area contributed by atoms with Gasteiger partial charge in [-0.2, -0.15) is 0 Å². The molecule has 0 saturated heterocycles. The lowest BCUT2D eigenvalue weighted by Gasteiger charge is -2.36. The third-order valence-electron chi connectivity index (χ3n) is 3.06. The van der Waals surface area contributed by atoms with Crippen LogP contribution < -0.4 is 10.2 Å². The predicted molar refractivity (Wildman–Crippen MR) is 88.5 cm³/mol. The van der Waals surface area contributed by atoms with Gasteiger partial charge in [-0.05, 0) is 45.4 Å². The number of rotatable bonds is 7. The molecular weight excluding hydrogens is 270 g/mol. The first kappa shape index (κ1) is 17.0. The fourth-order valence-electron chi connectivity index (χ4n) is 1.99. The van der Waals surface area contributed by atoms with E-state index in [2.05, 4.69) is 55.5 Å². The van der Waals surface area contributed by atoms with Crippen LogP contribution in [0.5, 0.6) is 0 Å². The Morgan fingerprint density at radius 1 is 1.45 bits per heavy atom. The molecule has 1 heterocycles. The van der Waals surface area contributed by atoms with Gasteiger partial charge in [0.2, 0.25) is 0 Å². The minimum Gasteiger partial charge on any atom is -0.348 e. The number of aromatic nitrogens is 1. The molecule has 0 aliphatic heterocycles. The number of nitrogens with zero attached hydrogens (tertiary/aromatic N) is 2. The molecule has 0 radical (unpaired) electrons. The maximum atomic E-state index is 6.23. The highest BCUT2D eigenvalue weighted by atomic mass is 35.5. The highest BCUT2D eigenvalue weighted by molar-refractivity contribution is 6.31. The molecule has 0 aromatic carbocycles. The summed E-state index contributed by atoms with van der Waals surface area (Å²) in [6.45, 7) is 15.0. The molecule has 0 aliphatic carbocycles. The molecule has 0 unspecified atom stereocenters. The first-order valence-corrected chi connectivity index (χ1v) is 7.51. The molecule has 0 atom stereocenters. The van der Waals surface area contributed by atoms with E-state index in [0.717, 1.165) is 37.4 Å². The van der Waals surface area contributed by atoms with Gasteiger partial charge in [0.1, 0.15) is 5.82 Å². The summed E-state index contributed by atoms with van der Waals surface area (Å²) in [4.78, 5) is 6.69. The van der Waals surface area contributed by atoms with Crippen LogP contribution in [0.3, 0.4) is 0 Å². The number of halogens is 1. The second-order valence-corrected chi connectivity index (χ2v) is 6.29. The Hall–Kier alpha value is -1.06. The summed E-state index contributed by atoms with van der Waals surface area (Å²) >= 11 is 6.23. The summed E-state index contributed by atoms with van der Waals surface area (Å²) in [7, 11) is 0. The third kappa shape index (κ3) is 4.80. The van der Waals surface area contributed by atoms with Crippen molar-refractivity contribution in [3.8, 4) is 0 Å². The lowest BCUT2D eigenvalue weighted by Crippen LogP contribution is -2.42. The Labute approximate surface area is 128 Å². The van der Waals surface area contributed by atoms with Gasteiger partial charge in [-0.15, -0.1) is 6.58 Å². The third-order valence-corrected chi connectivity index (χ3v) is 3.40. The zero-order valence-electron chi connectivity index (χ0n) is 13.0. The average molecular weight is 296 g/mol. The van der Waals surface area contributed by atoms with Crippen LogP contribution in [0.2, 0.25) is 5.02 Å². The van der Waals surface area contributed by atoms with Crippen molar-refractivity contribution in [1.29, 1.82) is 0 Å². The largest absolute Gasteiger partial charge is 0.348 e. The van der Waals surface area contributed by atoms with Crippen molar-refractivity contribution >= 4 is 17.4 Å². The molecule has 0 saturated carbocycles. The van der Waals surface area contributed by atoms with Gasteiger partial charge in [0.25, 0.3) is 0 Å². The van der Waals surface area contributed by atoms with Gasteiger partial charge in [-0.3, -0.25) is 0 Å². The zero-order valence-corrected chi connectivity index (χ0v) is 13.8. The van der Waals surface area contributed by atoms with E-state index < -0.39 is 0 Å². The molecular formula is C16H26ClN3. The Kier molecular flexibility index (Phi) is 6.50. The van der Waals surface area contributed by atoms with E-state index in [1.165, 1.54) is 0 Å². The topological polar surface area (TPSA) is 28.2 Å². The van der Waals surface area contributed by atoms with Crippen molar-refractivity contribution in [3.63, 3.8) is 0 Å². The van der Waals surface area contributed by atoms with Crippen molar-refractivity contribution in [1.82, 2.24) is 10.3 Å². The number of nitrogens with one attached hydrogen (secondary N) is 1.